The van der Waals surface area contributed by atoms with E-state index in [1.165, 1.54) is 10.5 Å². The molecule has 6 nitrogen and oxygen atoms in total. The van der Waals surface area contributed by atoms with Crippen molar-refractivity contribution in [3.05, 3.63) is 25.0 Å². The molecule has 0 aliphatic heterocycles. The number of hydrogen-bond acceptors (Lipinski definition) is 4. The number of nitrogens with zero attached hydrogens (tertiary/aromatic N) is 3. The minimum Gasteiger partial charge on any atom is -0.320 e. The van der Waals surface area contributed by atoms with Gasteiger partial charge in [0.2, 0.25) is 10.0 Å². The Morgan fingerprint density at radius 1 is 1.60 bits per heavy atom. The normalized spacial score (nSPS) is 15.7. The van der Waals surface area contributed by atoms with Gasteiger partial charge < -0.3 is 5.32 Å². The van der Waals surface area contributed by atoms with Crippen LogP contribution in [0.4, 0.5) is 0 Å². The van der Waals surface area contributed by atoms with Gasteiger partial charge in [-0.3, -0.25) is 4.68 Å². The highest BCUT2D eigenvalue weighted by Gasteiger charge is 2.37. The molecule has 112 valence electrons. The van der Waals surface area contributed by atoms with Gasteiger partial charge >= 0.3 is 0 Å². The number of aromatic nitrogens is 2. The van der Waals surface area contributed by atoms with Crippen LogP contribution in [0.3, 0.4) is 0 Å². The van der Waals surface area contributed by atoms with Gasteiger partial charge in [-0.1, -0.05) is 6.08 Å². The third-order valence-electron chi connectivity index (χ3n) is 3.29. The third kappa shape index (κ3) is 3.47. The lowest BCUT2D eigenvalue weighted by atomic mass is 10.4. The standard InChI is InChI=1S/C13H22N4O2S/c1-3-8-17(12-5-6-12)20(18,19)13-10-15-16(11-13)9-4-7-14-2/h3,10-12,14H,1,4-9H2,2H3. The van der Waals surface area contributed by atoms with Gasteiger partial charge in [-0.25, -0.2) is 8.42 Å². The molecule has 0 atom stereocenters. The van der Waals surface area contributed by atoms with Gasteiger partial charge in [0.05, 0.1) is 6.20 Å². The van der Waals surface area contributed by atoms with Gasteiger partial charge in [0.15, 0.2) is 0 Å². The van der Waals surface area contributed by atoms with Gasteiger partial charge in [-0.15, -0.1) is 6.58 Å². The van der Waals surface area contributed by atoms with Crippen LogP contribution in [-0.4, -0.2) is 48.7 Å². The van der Waals surface area contributed by atoms with E-state index in [1.807, 2.05) is 7.05 Å². The summed E-state index contributed by atoms with van der Waals surface area (Å²) in [5, 5.41) is 7.19. The lowest BCUT2D eigenvalue weighted by Crippen LogP contribution is -2.33. The number of hydrogen-bond donors (Lipinski definition) is 1. The Bertz CT molecular complexity index is 548. The molecule has 1 heterocycles. The second-order valence-electron chi connectivity index (χ2n) is 4.99. The lowest BCUT2D eigenvalue weighted by Gasteiger charge is -2.18. The Morgan fingerprint density at radius 3 is 2.95 bits per heavy atom. The van der Waals surface area contributed by atoms with E-state index >= 15 is 0 Å². The molecular formula is C13H22N4O2S. The van der Waals surface area contributed by atoms with Gasteiger partial charge in [0.1, 0.15) is 4.90 Å². The van der Waals surface area contributed by atoms with Crippen molar-refractivity contribution in [1.29, 1.82) is 0 Å². The molecule has 2 rings (SSSR count). The van der Waals surface area contributed by atoms with Crippen molar-refractivity contribution in [2.75, 3.05) is 20.1 Å². The van der Waals surface area contributed by atoms with Crippen LogP contribution in [0.15, 0.2) is 29.9 Å². The summed E-state index contributed by atoms with van der Waals surface area (Å²) in [6, 6.07) is 0.130. The maximum atomic E-state index is 12.6. The summed E-state index contributed by atoms with van der Waals surface area (Å²) in [4.78, 5) is 0.274. The minimum absolute atomic E-state index is 0.130. The molecule has 1 saturated carbocycles. The first-order valence-corrected chi connectivity index (χ1v) is 8.33. The molecule has 1 aromatic rings. The molecule has 7 heteroatoms. The second kappa shape index (κ2) is 6.51. The van der Waals surface area contributed by atoms with Gasteiger partial charge in [0, 0.05) is 25.3 Å². The average molecular weight is 298 g/mol. The first-order valence-electron chi connectivity index (χ1n) is 6.89. The summed E-state index contributed by atoms with van der Waals surface area (Å²) in [5.74, 6) is 0. The van der Waals surface area contributed by atoms with Crippen LogP contribution in [0, 0.1) is 0 Å². The van der Waals surface area contributed by atoms with Crippen LogP contribution in [0.5, 0.6) is 0 Å². The molecule has 1 N–H and O–H groups in total. The first-order chi connectivity index (χ1) is 9.59. The van der Waals surface area contributed by atoms with E-state index < -0.39 is 10.0 Å². The summed E-state index contributed by atoms with van der Waals surface area (Å²) in [7, 11) is -1.56. The Balaban J connectivity index is 2.10. The van der Waals surface area contributed by atoms with Crippen molar-refractivity contribution in [2.24, 2.45) is 0 Å². The predicted octanol–water partition coefficient (Wildman–Crippen LogP) is 0.832. The van der Waals surface area contributed by atoms with Crippen molar-refractivity contribution in [3.8, 4) is 0 Å². The molecule has 1 aliphatic carbocycles. The Kier molecular flexibility index (Phi) is 4.95. The highest BCUT2D eigenvalue weighted by Crippen LogP contribution is 2.31. The topological polar surface area (TPSA) is 67.2 Å². The zero-order chi connectivity index (χ0) is 14.6. The maximum absolute atomic E-state index is 12.6. The molecule has 0 saturated heterocycles. The van der Waals surface area contributed by atoms with Crippen LogP contribution in [0.2, 0.25) is 0 Å². The van der Waals surface area contributed by atoms with Crippen molar-refractivity contribution in [3.63, 3.8) is 0 Å². The van der Waals surface area contributed by atoms with E-state index in [4.69, 9.17) is 0 Å². The quantitative estimate of drug-likeness (QED) is 0.542. The van der Waals surface area contributed by atoms with E-state index in [1.54, 1.807) is 17.0 Å². The molecule has 0 radical (unpaired) electrons. The fraction of sp³-hybridized carbons (Fsp3) is 0.615. The van der Waals surface area contributed by atoms with Crippen molar-refractivity contribution in [1.82, 2.24) is 19.4 Å². The van der Waals surface area contributed by atoms with E-state index in [2.05, 4.69) is 17.0 Å². The molecule has 20 heavy (non-hydrogen) atoms. The largest absolute Gasteiger partial charge is 0.320 e. The number of rotatable bonds is 9. The molecule has 1 aliphatic rings. The van der Waals surface area contributed by atoms with E-state index in [9.17, 15) is 8.42 Å². The number of sulfonamides is 1. The van der Waals surface area contributed by atoms with Crippen LogP contribution in [-0.2, 0) is 16.6 Å². The van der Waals surface area contributed by atoms with E-state index in [0.717, 1.165) is 25.8 Å². The highest BCUT2D eigenvalue weighted by atomic mass is 32.2. The smallest absolute Gasteiger partial charge is 0.246 e. The number of nitrogens with one attached hydrogen (secondary N) is 1. The maximum Gasteiger partial charge on any atom is 0.246 e. The third-order valence-corrected chi connectivity index (χ3v) is 5.16. The average Bonchev–Trinajstić information content (AvgIpc) is 3.13. The summed E-state index contributed by atoms with van der Waals surface area (Å²) in [6.45, 7) is 5.59. The fourth-order valence-corrected chi connectivity index (χ4v) is 3.70. The molecule has 0 unspecified atom stereocenters. The molecule has 1 aromatic heterocycles. The monoisotopic (exact) mass is 298 g/mol. The molecular weight excluding hydrogens is 276 g/mol. The molecule has 0 aromatic carbocycles. The SMILES string of the molecule is C=CCN(C1CC1)S(=O)(=O)c1cnn(CCCNC)c1. The first kappa shape index (κ1) is 15.2. The van der Waals surface area contributed by atoms with E-state index in [-0.39, 0.29) is 10.9 Å². The van der Waals surface area contributed by atoms with Crippen LogP contribution in [0.1, 0.15) is 19.3 Å². The van der Waals surface area contributed by atoms with E-state index in [0.29, 0.717) is 13.1 Å². The van der Waals surface area contributed by atoms with Crippen molar-refractivity contribution >= 4 is 10.0 Å². The van der Waals surface area contributed by atoms with Gasteiger partial charge in [-0.2, -0.15) is 9.40 Å². The van der Waals surface area contributed by atoms with Gasteiger partial charge in [0.25, 0.3) is 0 Å². The second-order valence-corrected chi connectivity index (χ2v) is 6.88. The molecule has 1 fully saturated rings. The Labute approximate surface area is 120 Å². The predicted molar refractivity (Wildman–Crippen MR) is 77.9 cm³/mol. The lowest BCUT2D eigenvalue weighted by molar-refractivity contribution is 0.435. The summed E-state index contributed by atoms with van der Waals surface area (Å²) < 4.78 is 28.3. The number of aryl methyl sites for hydroxylation is 1. The summed E-state index contributed by atoms with van der Waals surface area (Å²) in [6.07, 6.45) is 7.47. The van der Waals surface area contributed by atoms with Crippen LogP contribution >= 0.6 is 0 Å². The highest BCUT2D eigenvalue weighted by molar-refractivity contribution is 7.89. The zero-order valence-electron chi connectivity index (χ0n) is 11.8. The van der Waals surface area contributed by atoms with Gasteiger partial charge in [-0.05, 0) is 32.9 Å². The van der Waals surface area contributed by atoms with Crippen LogP contribution < -0.4 is 5.32 Å². The van der Waals surface area contributed by atoms with Crippen molar-refractivity contribution < 1.29 is 8.42 Å². The minimum atomic E-state index is -3.45. The summed E-state index contributed by atoms with van der Waals surface area (Å²) >= 11 is 0. The van der Waals surface area contributed by atoms with Crippen molar-refractivity contribution in [2.45, 2.75) is 36.7 Å². The van der Waals surface area contributed by atoms with Crippen LogP contribution in [0.25, 0.3) is 0 Å². The zero-order valence-corrected chi connectivity index (χ0v) is 12.6. The fourth-order valence-electron chi connectivity index (χ4n) is 2.09. The molecule has 0 spiro atoms. The molecule has 0 amide bonds. The Morgan fingerprint density at radius 2 is 2.35 bits per heavy atom. The summed E-state index contributed by atoms with van der Waals surface area (Å²) in [5.41, 5.74) is 0. The Hall–Kier alpha value is -1.18. The molecule has 0 bridgehead atoms.